The Balaban J connectivity index is 1.89. The van der Waals surface area contributed by atoms with Gasteiger partial charge in [-0.05, 0) is 36.4 Å². The van der Waals surface area contributed by atoms with Crippen molar-refractivity contribution in [3.8, 4) is 17.1 Å². The third-order valence-corrected chi connectivity index (χ3v) is 4.87. The Hall–Kier alpha value is -3.08. The molecule has 142 valence electrons. The number of ether oxygens (including phenoxy) is 1. The van der Waals surface area contributed by atoms with Gasteiger partial charge in [0.2, 0.25) is 0 Å². The minimum Gasteiger partial charge on any atom is -0.406 e. The first-order valence-electron chi connectivity index (χ1n) is 7.48. The van der Waals surface area contributed by atoms with Crippen molar-refractivity contribution in [3.05, 3.63) is 54.9 Å². The van der Waals surface area contributed by atoms with Crippen molar-refractivity contribution < 1.29 is 26.3 Å². The lowest BCUT2D eigenvalue weighted by atomic mass is 10.2. The van der Waals surface area contributed by atoms with Crippen molar-refractivity contribution in [2.45, 2.75) is 11.3 Å². The first-order valence-corrected chi connectivity index (χ1v) is 8.96. The van der Waals surface area contributed by atoms with E-state index in [9.17, 15) is 21.6 Å². The Bertz CT molecular complexity index is 1050. The molecule has 1 heterocycles. The summed E-state index contributed by atoms with van der Waals surface area (Å²) in [5.41, 5.74) is 0.752. The molecule has 0 saturated heterocycles. The van der Waals surface area contributed by atoms with E-state index in [1.165, 1.54) is 6.33 Å². The van der Waals surface area contributed by atoms with E-state index in [0.29, 0.717) is 11.4 Å². The van der Waals surface area contributed by atoms with Gasteiger partial charge >= 0.3 is 6.36 Å². The van der Waals surface area contributed by atoms with E-state index in [1.54, 1.807) is 35.9 Å². The second kappa shape index (κ2) is 6.91. The molecule has 3 aromatic rings. The van der Waals surface area contributed by atoms with Gasteiger partial charge in [0.15, 0.2) is 5.82 Å². The van der Waals surface area contributed by atoms with Gasteiger partial charge in [0, 0.05) is 12.6 Å². The fraction of sp³-hybridized carbons (Fsp3) is 0.125. The molecule has 0 amide bonds. The Morgan fingerprint density at radius 3 is 2.33 bits per heavy atom. The molecule has 0 atom stereocenters. The lowest BCUT2D eigenvalue weighted by Gasteiger charge is -2.13. The van der Waals surface area contributed by atoms with Crippen LogP contribution < -0.4 is 9.46 Å². The lowest BCUT2D eigenvalue weighted by Crippen LogP contribution is -2.17. The Morgan fingerprint density at radius 2 is 1.74 bits per heavy atom. The van der Waals surface area contributed by atoms with Crippen molar-refractivity contribution in [3.63, 3.8) is 0 Å². The van der Waals surface area contributed by atoms with Crippen LogP contribution in [-0.4, -0.2) is 29.5 Å². The molecule has 1 N–H and O–H groups in total. The summed E-state index contributed by atoms with van der Waals surface area (Å²) in [5.74, 6) is -0.0665. The first-order chi connectivity index (χ1) is 12.7. The lowest BCUT2D eigenvalue weighted by molar-refractivity contribution is -0.274. The molecule has 0 saturated carbocycles. The number of halogens is 3. The van der Waals surface area contributed by atoms with Gasteiger partial charge in [-0.15, -0.1) is 23.4 Å². The van der Waals surface area contributed by atoms with Crippen LogP contribution >= 0.6 is 0 Å². The van der Waals surface area contributed by atoms with Crippen LogP contribution in [0.3, 0.4) is 0 Å². The average molecular weight is 398 g/mol. The van der Waals surface area contributed by atoms with Crippen LogP contribution in [0.15, 0.2) is 59.8 Å². The molecular formula is C16H13F3N4O3S. The third kappa shape index (κ3) is 4.37. The maximum atomic E-state index is 12.6. The normalized spacial score (nSPS) is 12.0. The molecule has 0 bridgehead atoms. The largest absolute Gasteiger partial charge is 0.573 e. The van der Waals surface area contributed by atoms with Crippen LogP contribution in [0.2, 0.25) is 0 Å². The molecule has 3 rings (SSSR count). The van der Waals surface area contributed by atoms with E-state index in [-0.39, 0.29) is 10.6 Å². The van der Waals surface area contributed by atoms with Crippen molar-refractivity contribution in [1.82, 2.24) is 14.8 Å². The number of nitrogens with one attached hydrogen (secondary N) is 1. The Labute approximate surface area is 152 Å². The monoisotopic (exact) mass is 398 g/mol. The highest BCUT2D eigenvalue weighted by molar-refractivity contribution is 7.92. The molecule has 27 heavy (non-hydrogen) atoms. The van der Waals surface area contributed by atoms with E-state index in [0.717, 1.165) is 24.3 Å². The predicted octanol–water partition coefficient (Wildman–Crippen LogP) is 3.18. The molecule has 1 aromatic heterocycles. The molecule has 11 heteroatoms. The number of anilines is 1. The van der Waals surface area contributed by atoms with Gasteiger partial charge in [-0.3, -0.25) is 4.72 Å². The molecule has 0 unspecified atom stereocenters. The summed E-state index contributed by atoms with van der Waals surface area (Å²) >= 11 is 0. The molecular weight excluding hydrogens is 385 g/mol. The van der Waals surface area contributed by atoms with E-state index in [4.69, 9.17) is 0 Å². The van der Waals surface area contributed by atoms with Crippen LogP contribution in [0.4, 0.5) is 18.9 Å². The first kappa shape index (κ1) is 18.7. The number of aryl methyl sites for hydroxylation is 1. The molecule has 7 nitrogen and oxygen atoms in total. The Kier molecular flexibility index (Phi) is 4.79. The zero-order chi connectivity index (χ0) is 19.7. The third-order valence-electron chi connectivity index (χ3n) is 3.49. The van der Waals surface area contributed by atoms with Gasteiger partial charge in [0.25, 0.3) is 10.0 Å². The quantitative estimate of drug-likeness (QED) is 0.713. The summed E-state index contributed by atoms with van der Waals surface area (Å²) in [5, 5.41) is 7.71. The number of aromatic nitrogens is 3. The number of benzene rings is 2. The molecule has 0 radical (unpaired) electrons. The minimum absolute atomic E-state index is 0.218. The zero-order valence-electron chi connectivity index (χ0n) is 13.8. The maximum Gasteiger partial charge on any atom is 0.573 e. The summed E-state index contributed by atoms with van der Waals surface area (Å²) < 4.78 is 69.6. The number of para-hydroxylation sites is 1. The predicted molar refractivity (Wildman–Crippen MR) is 90.4 cm³/mol. The van der Waals surface area contributed by atoms with Crippen molar-refractivity contribution >= 4 is 15.7 Å². The van der Waals surface area contributed by atoms with Crippen LogP contribution in [0, 0.1) is 0 Å². The van der Waals surface area contributed by atoms with Gasteiger partial charge in [-0.1, -0.05) is 12.1 Å². The minimum atomic E-state index is -4.85. The number of rotatable bonds is 5. The maximum absolute atomic E-state index is 12.6. The van der Waals surface area contributed by atoms with Gasteiger partial charge in [-0.25, -0.2) is 8.42 Å². The van der Waals surface area contributed by atoms with Gasteiger partial charge in [0.1, 0.15) is 12.1 Å². The summed E-state index contributed by atoms with van der Waals surface area (Å²) in [6, 6.07) is 10.5. The smallest absolute Gasteiger partial charge is 0.406 e. The highest BCUT2D eigenvalue weighted by Crippen LogP contribution is 2.29. The van der Waals surface area contributed by atoms with Crippen molar-refractivity contribution in [1.29, 1.82) is 0 Å². The highest BCUT2D eigenvalue weighted by atomic mass is 32.2. The fourth-order valence-corrected chi connectivity index (χ4v) is 3.40. The average Bonchev–Trinajstić information content (AvgIpc) is 3.00. The molecule has 0 spiro atoms. The number of nitrogens with zero attached hydrogens (tertiary/aromatic N) is 3. The second-order valence-electron chi connectivity index (χ2n) is 5.44. The van der Waals surface area contributed by atoms with Crippen molar-refractivity contribution in [2.75, 3.05) is 4.72 Å². The van der Waals surface area contributed by atoms with Gasteiger partial charge < -0.3 is 9.30 Å². The van der Waals surface area contributed by atoms with E-state index in [1.807, 2.05) is 0 Å². The van der Waals surface area contributed by atoms with Crippen LogP contribution in [0.1, 0.15) is 0 Å². The van der Waals surface area contributed by atoms with Gasteiger partial charge in [-0.2, -0.15) is 0 Å². The van der Waals surface area contributed by atoms with Gasteiger partial charge in [0.05, 0.1) is 10.6 Å². The number of sulfonamides is 1. The van der Waals surface area contributed by atoms with E-state index < -0.39 is 22.1 Å². The van der Waals surface area contributed by atoms with E-state index >= 15 is 0 Å². The second-order valence-corrected chi connectivity index (χ2v) is 7.12. The molecule has 0 aliphatic rings. The molecule has 0 aliphatic heterocycles. The summed E-state index contributed by atoms with van der Waals surface area (Å²) in [4.78, 5) is -0.218. The number of alkyl halides is 3. The Morgan fingerprint density at radius 1 is 1.07 bits per heavy atom. The molecule has 0 aliphatic carbocycles. The topological polar surface area (TPSA) is 86.1 Å². The summed E-state index contributed by atoms with van der Waals surface area (Å²) in [6.07, 6.45) is -3.38. The standard InChI is InChI=1S/C16H13F3N4O3S/c1-23-10-20-21-15(23)13-4-2-3-5-14(13)22-27(24,25)12-8-6-11(7-9-12)26-16(17,18)19/h2-10,22H,1H3. The SMILES string of the molecule is Cn1cnnc1-c1ccccc1NS(=O)(=O)c1ccc(OC(F)(F)F)cc1. The number of hydrogen-bond acceptors (Lipinski definition) is 5. The van der Waals surface area contributed by atoms with Crippen LogP contribution in [0.25, 0.3) is 11.4 Å². The highest BCUT2D eigenvalue weighted by Gasteiger charge is 2.31. The molecule has 0 fully saturated rings. The van der Waals surface area contributed by atoms with E-state index in [2.05, 4.69) is 19.7 Å². The molecule has 2 aromatic carbocycles. The fourth-order valence-electron chi connectivity index (χ4n) is 2.32. The van der Waals surface area contributed by atoms with Crippen LogP contribution in [-0.2, 0) is 17.1 Å². The summed E-state index contributed by atoms with van der Waals surface area (Å²) in [6.45, 7) is 0. The van der Waals surface area contributed by atoms with Crippen molar-refractivity contribution in [2.24, 2.45) is 7.05 Å². The number of hydrogen-bond donors (Lipinski definition) is 1. The van der Waals surface area contributed by atoms with Crippen LogP contribution in [0.5, 0.6) is 5.75 Å². The summed E-state index contributed by atoms with van der Waals surface area (Å²) in [7, 11) is -2.34. The zero-order valence-corrected chi connectivity index (χ0v) is 14.6.